The lowest BCUT2D eigenvalue weighted by molar-refractivity contribution is -0.114. The number of carbonyl (C=O) groups excluding carboxylic acids is 3. The van der Waals surface area contributed by atoms with E-state index in [1.54, 1.807) is 24.3 Å². The van der Waals surface area contributed by atoms with Crippen molar-refractivity contribution in [1.29, 1.82) is 0 Å². The maximum absolute atomic E-state index is 13.1. The largest absolute Gasteiger partial charge is 0.376 e. The van der Waals surface area contributed by atoms with Crippen molar-refractivity contribution in [2.24, 2.45) is 11.8 Å². The van der Waals surface area contributed by atoms with E-state index >= 15 is 0 Å². The molecule has 180 valence electrons. The molecule has 2 aromatic rings. The number of benzene rings is 2. The molecule has 1 heterocycles. The van der Waals surface area contributed by atoms with E-state index in [2.05, 4.69) is 29.8 Å². The van der Waals surface area contributed by atoms with Crippen molar-refractivity contribution >= 4 is 29.1 Å². The highest BCUT2D eigenvalue weighted by Gasteiger charge is 2.27. The van der Waals surface area contributed by atoms with Gasteiger partial charge in [0, 0.05) is 30.4 Å². The summed E-state index contributed by atoms with van der Waals surface area (Å²) in [6, 6.07) is 12.8. The van der Waals surface area contributed by atoms with Crippen LogP contribution in [-0.2, 0) is 4.79 Å². The van der Waals surface area contributed by atoms with E-state index in [0.29, 0.717) is 28.7 Å². The molecule has 7 heteroatoms. The van der Waals surface area contributed by atoms with E-state index in [1.807, 2.05) is 30.0 Å². The van der Waals surface area contributed by atoms with Gasteiger partial charge in [-0.25, -0.2) is 0 Å². The maximum Gasteiger partial charge on any atom is 0.253 e. The second-order valence-corrected chi connectivity index (χ2v) is 9.88. The fourth-order valence-corrected chi connectivity index (χ4v) is 4.61. The minimum atomic E-state index is -0.263. The Balaban J connectivity index is 1.39. The van der Waals surface area contributed by atoms with Crippen LogP contribution in [0.1, 0.15) is 59.4 Å². The Morgan fingerprint density at radius 2 is 1.68 bits per heavy atom. The highest BCUT2D eigenvalue weighted by molar-refractivity contribution is 6.04. The highest BCUT2D eigenvalue weighted by Crippen LogP contribution is 2.25. The monoisotopic (exact) mass is 462 g/mol. The lowest BCUT2D eigenvalue weighted by Crippen LogP contribution is -2.42. The zero-order chi connectivity index (χ0) is 24.2. The molecule has 2 aromatic carbocycles. The third-order valence-electron chi connectivity index (χ3n) is 6.44. The summed E-state index contributed by atoms with van der Waals surface area (Å²) >= 11 is 0. The van der Waals surface area contributed by atoms with E-state index in [9.17, 15) is 14.4 Å². The second-order valence-electron chi connectivity index (χ2n) is 9.88. The van der Waals surface area contributed by atoms with Crippen LogP contribution < -0.4 is 16.0 Å². The number of anilines is 2. The zero-order valence-corrected chi connectivity index (χ0v) is 20.2. The van der Waals surface area contributed by atoms with Crippen LogP contribution in [0.3, 0.4) is 0 Å². The van der Waals surface area contributed by atoms with Gasteiger partial charge in [-0.3, -0.25) is 14.4 Å². The van der Waals surface area contributed by atoms with Crippen LogP contribution in [0.25, 0.3) is 0 Å². The number of hydrogen-bond donors (Lipinski definition) is 3. The molecule has 0 bridgehead atoms. The van der Waals surface area contributed by atoms with Crippen molar-refractivity contribution in [3.05, 3.63) is 59.2 Å². The molecule has 2 fully saturated rings. The topological polar surface area (TPSA) is 90.5 Å². The summed E-state index contributed by atoms with van der Waals surface area (Å²) in [6.45, 7) is 7.88. The van der Waals surface area contributed by atoms with Crippen LogP contribution in [0, 0.1) is 18.8 Å². The predicted molar refractivity (Wildman–Crippen MR) is 134 cm³/mol. The summed E-state index contributed by atoms with van der Waals surface area (Å²) in [7, 11) is 0. The maximum atomic E-state index is 13.1. The first-order valence-corrected chi connectivity index (χ1v) is 12.1. The van der Waals surface area contributed by atoms with Gasteiger partial charge in [0.2, 0.25) is 5.91 Å². The first-order chi connectivity index (χ1) is 16.3. The van der Waals surface area contributed by atoms with Gasteiger partial charge >= 0.3 is 0 Å². The number of aryl methyl sites for hydroxylation is 1. The standard InChI is InChI=1S/C27H34N4O3/c1-17-12-18(2)16-31(15-17)27(34)20-9-8-19(3)24(13-20)28-14-25(32)30-23-7-5-4-6-22(23)26(33)29-21-10-11-21/h4-9,13,17-18,21,28H,10-12,14-16H2,1-3H3,(H,29,33)(H,30,32)/t17-,18+. The Labute approximate surface area is 201 Å². The van der Waals surface area contributed by atoms with Crippen LogP contribution in [0.4, 0.5) is 11.4 Å². The van der Waals surface area contributed by atoms with Gasteiger partial charge in [-0.15, -0.1) is 0 Å². The number of para-hydroxylation sites is 1. The van der Waals surface area contributed by atoms with E-state index < -0.39 is 0 Å². The second kappa shape index (κ2) is 10.3. The Morgan fingerprint density at radius 3 is 2.38 bits per heavy atom. The first-order valence-electron chi connectivity index (χ1n) is 12.1. The minimum Gasteiger partial charge on any atom is -0.376 e. The van der Waals surface area contributed by atoms with Gasteiger partial charge in [0.1, 0.15) is 0 Å². The van der Waals surface area contributed by atoms with Gasteiger partial charge in [0.05, 0.1) is 17.8 Å². The number of nitrogens with zero attached hydrogens (tertiary/aromatic N) is 1. The summed E-state index contributed by atoms with van der Waals surface area (Å²) in [4.78, 5) is 40.2. The molecular formula is C27H34N4O3. The molecule has 3 amide bonds. The number of likely N-dealkylation sites (tertiary alicyclic amines) is 1. The van der Waals surface area contributed by atoms with Crippen LogP contribution in [0.15, 0.2) is 42.5 Å². The normalized spacial score (nSPS) is 19.9. The highest BCUT2D eigenvalue weighted by atomic mass is 16.2. The van der Waals surface area contributed by atoms with Gasteiger partial charge in [0.15, 0.2) is 0 Å². The van der Waals surface area contributed by atoms with E-state index in [0.717, 1.165) is 43.6 Å². The molecule has 34 heavy (non-hydrogen) atoms. The van der Waals surface area contributed by atoms with Crippen LogP contribution in [0.5, 0.6) is 0 Å². The van der Waals surface area contributed by atoms with Crippen molar-refractivity contribution < 1.29 is 14.4 Å². The predicted octanol–water partition coefficient (Wildman–Crippen LogP) is 4.06. The Morgan fingerprint density at radius 1 is 0.971 bits per heavy atom. The fourth-order valence-electron chi connectivity index (χ4n) is 4.61. The smallest absolute Gasteiger partial charge is 0.253 e. The Hall–Kier alpha value is -3.35. The molecule has 1 saturated carbocycles. The third kappa shape index (κ3) is 5.95. The fraction of sp³-hybridized carbons (Fsp3) is 0.444. The molecule has 1 saturated heterocycles. The van der Waals surface area contributed by atoms with Crippen LogP contribution in [0.2, 0.25) is 0 Å². The summed E-state index contributed by atoms with van der Waals surface area (Å²) in [5, 5.41) is 8.95. The number of piperidine rings is 1. The van der Waals surface area contributed by atoms with Gasteiger partial charge in [-0.2, -0.15) is 0 Å². The van der Waals surface area contributed by atoms with Crippen molar-refractivity contribution in [2.45, 2.75) is 46.1 Å². The third-order valence-corrected chi connectivity index (χ3v) is 6.44. The number of carbonyl (C=O) groups is 3. The molecule has 7 nitrogen and oxygen atoms in total. The SMILES string of the molecule is Cc1ccc(C(=O)N2C[C@H](C)C[C@H](C)C2)cc1NCC(=O)Nc1ccccc1C(=O)NC1CC1. The van der Waals surface area contributed by atoms with Crippen molar-refractivity contribution in [1.82, 2.24) is 10.2 Å². The molecule has 2 aliphatic rings. The Kier molecular flexibility index (Phi) is 7.20. The molecule has 0 spiro atoms. The van der Waals surface area contributed by atoms with Gasteiger partial charge in [-0.05, 0) is 67.9 Å². The van der Waals surface area contributed by atoms with Gasteiger partial charge < -0.3 is 20.9 Å². The molecule has 0 unspecified atom stereocenters. The molecule has 2 atom stereocenters. The molecule has 0 aromatic heterocycles. The molecule has 1 aliphatic heterocycles. The van der Waals surface area contributed by atoms with E-state index in [4.69, 9.17) is 0 Å². The molecule has 4 rings (SSSR count). The zero-order valence-electron chi connectivity index (χ0n) is 20.2. The molecular weight excluding hydrogens is 428 g/mol. The van der Waals surface area contributed by atoms with Crippen LogP contribution >= 0.6 is 0 Å². The van der Waals surface area contributed by atoms with Crippen molar-refractivity contribution in [3.8, 4) is 0 Å². The van der Waals surface area contributed by atoms with Gasteiger partial charge in [0.25, 0.3) is 11.8 Å². The number of amides is 3. The van der Waals surface area contributed by atoms with E-state index in [-0.39, 0.29) is 30.3 Å². The number of nitrogens with one attached hydrogen (secondary N) is 3. The summed E-state index contributed by atoms with van der Waals surface area (Å²) < 4.78 is 0. The lowest BCUT2D eigenvalue weighted by atomic mass is 9.91. The summed E-state index contributed by atoms with van der Waals surface area (Å²) in [6.07, 6.45) is 3.15. The molecule has 3 N–H and O–H groups in total. The van der Waals surface area contributed by atoms with Gasteiger partial charge in [-0.1, -0.05) is 32.0 Å². The average molecular weight is 463 g/mol. The minimum absolute atomic E-state index is 0.0227. The van der Waals surface area contributed by atoms with Crippen LogP contribution in [-0.4, -0.2) is 48.3 Å². The number of rotatable bonds is 7. The average Bonchev–Trinajstić information content (AvgIpc) is 3.61. The quantitative estimate of drug-likeness (QED) is 0.579. The molecule has 1 aliphatic carbocycles. The summed E-state index contributed by atoms with van der Waals surface area (Å²) in [5.41, 5.74) is 3.27. The Bertz CT molecular complexity index is 1070. The van der Waals surface area contributed by atoms with E-state index in [1.165, 1.54) is 0 Å². The van der Waals surface area contributed by atoms with Crippen molar-refractivity contribution in [3.63, 3.8) is 0 Å². The molecule has 0 radical (unpaired) electrons. The number of hydrogen-bond acceptors (Lipinski definition) is 4. The first kappa shape index (κ1) is 23.8. The van der Waals surface area contributed by atoms with Crippen molar-refractivity contribution in [2.75, 3.05) is 30.3 Å². The summed E-state index contributed by atoms with van der Waals surface area (Å²) in [5.74, 6) is 0.583. The lowest BCUT2D eigenvalue weighted by Gasteiger charge is -2.35.